The molecule has 3 N–H and O–H groups in total. The van der Waals surface area contributed by atoms with Crippen molar-refractivity contribution in [2.75, 3.05) is 11.9 Å². The van der Waals surface area contributed by atoms with E-state index in [2.05, 4.69) is 10.6 Å². The fraction of sp³-hybridized carbons (Fsp3) is 0.300. The van der Waals surface area contributed by atoms with Gasteiger partial charge in [-0.2, -0.15) is 0 Å². The predicted octanol–water partition coefficient (Wildman–Crippen LogP) is 1.98. The van der Waals surface area contributed by atoms with E-state index in [9.17, 15) is 9.18 Å². The molecule has 2 amide bonds. The Morgan fingerprint density at radius 2 is 2.31 bits per heavy atom. The number of benzene rings is 1. The van der Waals surface area contributed by atoms with Gasteiger partial charge in [-0.15, -0.1) is 0 Å². The average molecular weight is 247 g/mol. The van der Waals surface area contributed by atoms with Crippen molar-refractivity contribution in [1.29, 1.82) is 0 Å². The highest BCUT2D eigenvalue weighted by Gasteiger charge is 2.07. The Morgan fingerprint density at radius 1 is 1.62 bits per heavy atom. The van der Waals surface area contributed by atoms with Crippen molar-refractivity contribution in [3.8, 4) is 0 Å². The molecule has 1 unspecified atom stereocenters. The number of carbonyl (C=O) groups is 1. The topological polar surface area (TPSA) is 61.4 Å². The Labute approximate surface area is 97.4 Å². The summed E-state index contributed by atoms with van der Waals surface area (Å²) in [6, 6.07) is 3.03. The van der Waals surface area contributed by atoms with Gasteiger partial charge in [-0.3, -0.25) is 0 Å². The lowest BCUT2D eigenvalue weighted by Gasteiger charge is -2.12. The summed E-state index contributed by atoms with van der Waals surface area (Å²) in [6.07, 6.45) is 0. The number of hydrogen-bond acceptors (Lipinski definition) is 2. The Balaban J connectivity index is 2.59. The molecule has 1 atom stereocenters. The van der Waals surface area contributed by atoms with Gasteiger partial charge in [0.05, 0.1) is 17.7 Å². The van der Waals surface area contributed by atoms with E-state index in [0.717, 1.165) is 6.07 Å². The quantitative estimate of drug-likeness (QED) is 0.764. The highest BCUT2D eigenvalue weighted by atomic mass is 35.5. The third-order valence-corrected chi connectivity index (χ3v) is 2.12. The van der Waals surface area contributed by atoms with Crippen LogP contribution in [0.1, 0.15) is 6.92 Å². The van der Waals surface area contributed by atoms with Gasteiger partial charge in [0.2, 0.25) is 0 Å². The van der Waals surface area contributed by atoms with E-state index in [1.165, 1.54) is 12.1 Å². The van der Waals surface area contributed by atoms with Crippen molar-refractivity contribution in [3.05, 3.63) is 29.0 Å². The normalized spacial score (nSPS) is 12.0. The first kappa shape index (κ1) is 12.7. The van der Waals surface area contributed by atoms with Crippen LogP contribution in [0.2, 0.25) is 5.02 Å². The second-order valence-electron chi connectivity index (χ2n) is 3.31. The van der Waals surface area contributed by atoms with Crippen LogP contribution in [-0.2, 0) is 0 Å². The number of hydrogen-bond donors (Lipinski definition) is 3. The Hall–Kier alpha value is -1.33. The van der Waals surface area contributed by atoms with Gasteiger partial charge in [0.25, 0.3) is 0 Å². The summed E-state index contributed by atoms with van der Waals surface area (Å²) in [4.78, 5) is 11.3. The van der Waals surface area contributed by atoms with Crippen LogP contribution in [0.15, 0.2) is 18.2 Å². The second-order valence-corrected chi connectivity index (χ2v) is 3.72. The van der Waals surface area contributed by atoms with E-state index in [-0.39, 0.29) is 17.7 Å². The van der Waals surface area contributed by atoms with Gasteiger partial charge in [0.1, 0.15) is 5.82 Å². The zero-order chi connectivity index (χ0) is 12.1. The van der Waals surface area contributed by atoms with Gasteiger partial charge in [0.15, 0.2) is 0 Å². The van der Waals surface area contributed by atoms with Crippen LogP contribution in [0.3, 0.4) is 0 Å². The molecule has 0 aromatic heterocycles. The van der Waals surface area contributed by atoms with Gasteiger partial charge >= 0.3 is 6.03 Å². The Kier molecular flexibility index (Phi) is 4.52. The van der Waals surface area contributed by atoms with E-state index in [1.807, 2.05) is 0 Å². The molecule has 0 heterocycles. The number of aliphatic hydroxyl groups excluding tert-OH is 1. The summed E-state index contributed by atoms with van der Waals surface area (Å²) in [5.74, 6) is -0.545. The molecular formula is C10H12ClFN2O2. The molecular weight excluding hydrogens is 235 g/mol. The molecule has 0 spiro atoms. The molecule has 0 bridgehead atoms. The molecule has 0 saturated carbocycles. The van der Waals surface area contributed by atoms with Crippen molar-refractivity contribution >= 4 is 23.3 Å². The number of aliphatic hydroxyl groups is 1. The lowest BCUT2D eigenvalue weighted by atomic mass is 10.3. The maximum absolute atomic E-state index is 12.8. The number of anilines is 1. The third kappa shape index (κ3) is 3.67. The van der Waals surface area contributed by atoms with Crippen molar-refractivity contribution < 1.29 is 14.3 Å². The summed E-state index contributed by atoms with van der Waals surface area (Å²) in [7, 11) is 0. The average Bonchev–Trinajstić information content (AvgIpc) is 2.23. The summed E-state index contributed by atoms with van der Waals surface area (Å²) >= 11 is 5.54. The summed E-state index contributed by atoms with van der Waals surface area (Å²) in [6.45, 7) is 1.49. The first-order chi connectivity index (χ1) is 7.52. The molecule has 0 aliphatic rings. The minimum Gasteiger partial charge on any atom is -0.394 e. The van der Waals surface area contributed by atoms with Crippen LogP contribution in [0.25, 0.3) is 0 Å². The number of rotatable bonds is 3. The van der Waals surface area contributed by atoms with Gasteiger partial charge in [-0.1, -0.05) is 11.6 Å². The van der Waals surface area contributed by atoms with Gasteiger partial charge < -0.3 is 15.7 Å². The van der Waals surface area contributed by atoms with Crippen LogP contribution in [0, 0.1) is 5.82 Å². The van der Waals surface area contributed by atoms with Crippen LogP contribution in [0.5, 0.6) is 0 Å². The second kappa shape index (κ2) is 5.67. The lowest BCUT2D eigenvalue weighted by molar-refractivity contribution is 0.229. The molecule has 1 aromatic carbocycles. The molecule has 4 nitrogen and oxygen atoms in total. The minimum absolute atomic E-state index is 0.0620. The summed E-state index contributed by atoms with van der Waals surface area (Å²) in [5, 5.41) is 13.6. The van der Waals surface area contributed by atoms with Crippen LogP contribution in [0.4, 0.5) is 14.9 Å². The predicted molar refractivity (Wildman–Crippen MR) is 60.1 cm³/mol. The number of amides is 2. The summed E-state index contributed by atoms with van der Waals surface area (Å²) < 4.78 is 12.8. The third-order valence-electron chi connectivity index (χ3n) is 1.83. The molecule has 0 aliphatic heterocycles. The van der Waals surface area contributed by atoms with Gasteiger partial charge in [-0.25, -0.2) is 9.18 Å². The molecule has 6 heteroatoms. The van der Waals surface area contributed by atoms with E-state index >= 15 is 0 Å². The SMILES string of the molecule is CC(CO)NC(=O)Nc1ccc(F)c(Cl)c1. The zero-order valence-electron chi connectivity index (χ0n) is 8.63. The van der Waals surface area contributed by atoms with E-state index < -0.39 is 11.8 Å². The Bertz CT molecular complexity index is 387. The van der Waals surface area contributed by atoms with Crippen molar-refractivity contribution in [2.24, 2.45) is 0 Å². The fourth-order valence-corrected chi connectivity index (χ4v) is 1.19. The van der Waals surface area contributed by atoms with Crippen LogP contribution in [-0.4, -0.2) is 23.8 Å². The highest BCUT2D eigenvalue weighted by Crippen LogP contribution is 2.19. The van der Waals surface area contributed by atoms with E-state index in [0.29, 0.717) is 5.69 Å². The van der Waals surface area contributed by atoms with Gasteiger partial charge in [0, 0.05) is 5.69 Å². The zero-order valence-corrected chi connectivity index (χ0v) is 9.38. The monoisotopic (exact) mass is 246 g/mol. The first-order valence-electron chi connectivity index (χ1n) is 4.66. The molecule has 0 aliphatic carbocycles. The van der Waals surface area contributed by atoms with Crippen molar-refractivity contribution in [2.45, 2.75) is 13.0 Å². The Morgan fingerprint density at radius 3 is 2.88 bits per heavy atom. The highest BCUT2D eigenvalue weighted by molar-refractivity contribution is 6.31. The fourth-order valence-electron chi connectivity index (χ4n) is 1.01. The summed E-state index contributed by atoms with van der Waals surface area (Å²) in [5.41, 5.74) is 0.383. The first-order valence-corrected chi connectivity index (χ1v) is 5.04. The smallest absolute Gasteiger partial charge is 0.319 e. The molecule has 0 saturated heterocycles. The van der Waals surface area contributed by atoms with Crippen molar-refractivity contribution in [1.82, 2.24) is 5.32 Å². The standard InChI is InChI=1S/C10H12ClFN2O2/c1-6(5-15)13-10(16)14-7-2-3-9(12)8(11)4-7/h2-4,6,15H,5H2,1H3,(H2,13,14,16). The van der Waals surface area contributed by atoms with Gasteiger partial charge in [-0.05, 0) is 25.1 Å². The van der Waals surface area contributed by atoms with E-state index in [4.69, 9.17) is 16.7 Å². The molecule has 1 aromatic rings. The number of carbonyl (C=O) groups excluding carboxylic acids is 1. The minimum atomic E-state index is -0.545. The van der Waals surface area contributed by atoms with E-state index in [1.54, 1.807) is 6.92 Å². The largest absolute Gasteiger partial charge is 0.394 e. The lowest BCUT2D eigenvalue weighted by Crippen LogP contribution is -2.38. The number of nitrogens with one attached hydrogen (secondary N) is 2. The number of halogens is 2. The maximum Gasteiger partial charge on any atom is 0.319 e. The molecule has 1 rings (SSSR count). The number of urea groups is 1. The molecule has 88 valence electrons. The van der Waals surface area contributed by atoms with Crippen molar-refractivity contribution in [3.63, 3.8) is 0 Å². The molecule has 0 radical (unpaired) electrons. The maximum atomic E-state index is 12.8. The van der Waals surface area contributed by atoms with Crippen LogP contribution < -0.4 is 10.6 Å². The molecule has 0 fully saturated rings. The van der Waals surface area contributed by atoms with Crippen LogP contribution >= 0.6 is 11.6 Å². The molecule has 16 heavy (non-hydrogen) atoms.